The second-order valence-corrected chi connectivity index (χ2v) is 7.10. The number of hydrogen-bond acceptors (Lipinski definition) is 4. The van der Waals surface area contributed by atoms with Gasteiger partial charge < -0.3 is 5.32 Å². The van der Waals surface area contributed by atoms with Crippen LogP contribution in [-0.4, -0.2) is 23.4 Å². The minimum absolute atomic E-state index is 0.0968. The SMILES string of the molecule is O=C(CSc1cccc2ccccc12)NC1=NN(c2ccccc2)C(=O)C1. The molecule has 1 aliphatic heterocycles. The fourth-order valence-electron chi connectivity index (χ4n) is 2.93. The van der Waals surface area contributed by atoms with Gasteiger partial charge in [0.25, 0.3) is 5.91 Å². The number of nitrogens with one attached hydrogen (secondary N) is 1. The van der Waals surface area contributed by atoms with Crippen LogP contribution < -0.4 is 10.3 Å². The maximum atomic E-state index is 12.3. The van der Waals surface area contributed by atoms with Crippen LogP contribution in [0.2, 0.25) is 0 Å². The van der Waals surface area contributed by atoms with E-state index >= 15 is 0 Å². The number of anilines is 1. The fourth-order valence-corrected chi connectivity index (χ4v) is 3.81. The maximum absolute atomic E-state index is 12.3. The normalized spacial score (nSPS) is 13.7. The molecule has 0 radical (unpaired) electrons. The average Bonchev–Trinajstić information content (AvgIpc) is 3.07. The molecule has 1 heterocycles. The zero-order valence-corrected chi connectivity index (χ0v) is 15.3. The Kier molecular flexibility index (Phi) is 4.89. The summed E-state index contributed by atoms with van der Waals surface area (Å²) < 4.78 is 0. The van der Waals surface area contributed by atoms with E-state index in [0.29, 0.717) is 11.5 Å². The van der Waals surface area contributed by atoms with Crippen LogP contribution in [0.4, 0.5) is 5.69 Å². The summed E-state index contributed by atoms with van der Waals surface area (Å²) >= 11 is 1.47. The van der Waals surface area contributed by atoms with Gasteiger partial charge in [-0.2, -0.15) is 10.1 Å². The molecule has 134 valence electrons. The number of thioether (sulfide) groups is 1. The van der Waals surface area contributed by atoms with Crippen molar-refractivity contribution >= 4 is 45.9 Å². The minimum Gasteiger partial charge on any atom is -0.312 e. The van der Waals surface area contributed by atoms with Crippen molar-refractivity contribution in [3.63, 3.8) is 0 Å². The third-order valence-electron chi connectivity index (χ3n) is 4.17. The highest BCUT2D eigenvalue weighted by molar-refractivity contribution is 8.00. The largest absolute Gasteiger partial charge is 0.312 e. The van der Waals surface area contributed by atoms with Gasteiger partial charge in [0.15, 0.2) is 0 Å². The molecule has 0 aliphatic carbocycles. The molecule has 6 heteroatoms. The van der Waals surface area contributed by atoms with Crippen LogP contribution in [0.3, 0.4) is 0 Å². The van der Waals surface area contributed by atoms with Crippen molar-refractivity contribution in [2.75, 3.05) is 10.8 Å². The lowest BCUT2D eigenvalue weighted by atomic mass is 10.1. The van der Waals surface area contributed by atoms with E-state index in [0.717, 1.165) is 15.7 Å². The number of nitrogens with zero attached hydrogens (tertiary/aromatic N) is 2. The number of hydrazone groups is 1. The van der Waals surface area contributed by atoms with Crippen LogP contribution in [0.25, 0.3) is 10.8 Å². The lowest BCUT2D eigenvalue weighted by molar-refractivity contribution is -0.117. The molecule has 0 atom stereocenters. The molecule has 3 aromatic rings. The van der Waals surface area contributed by atoms with Crippen molar-refractivity contribution in [3.05, 3.63) is 72.8 Å². The van der Waals surface area contributed by atoms with Crippen molar-refractivity contribution in [2.24, 2.45) is 5.10 Å². The smallest absolute Gasteiger partial charge is 0.255 e. The first-order chi connectivity index (χ1) is 13.2. The summed E-state index contributed by atoms with van der Waals surface area (Å²) in [6.07, 6.45) is 0.0968. The minimum atomic E-state index is -0.172. The van der Waals surface area contributed by atoms with Crippen LogP contribution in [0.5, 0.6) is 0 Å². The molecular weight excluding hydrogens is 358 g/mol. The molecule has 4 rings (SSSR count). The molecule has 0 unspecified atom stereocenters. The van der Waals surface area contributed by atoms with Gasteiger partial charge in [-0.05, 0) is 29.0 Å². The highest BCUT2D eigenvalue weighted by Crippen LogP contribution is 2.27. The molecule has 0 bridgehead atoms. The molecule has 2 amide bonds. The van der Waals surface area contributed by atoms with Gasteiger partial charge in [-0.3, -0.25) is 9.59 Å². The predicted molar refractivity (Wildman–Crippen MR) is 109 cm³/mol. The number of carbonyl (C=O) groups is 2. The van der Waals surface area contributed by atoms with E-state index in [2.05, 4.69) is 22.6 Å². The fraction of sp³-hybridized carbons (Fsp3) is 0.0952. The van der Waals surface area contributed by atoms with E-state index in [1.165, 1.54) is 16.8 Å². The van der Waals surface area contributed by atoms with Crippen molar-refractivity contribution in [1.82, 2.24) is 5.32 Å². The second kappa shape index (κ2) is 7.63. The van der Waals surface area contributed by atoms with Crippen LogP contribution in [0.1, 0.15) is 6.42 Å². The molecular formula is C21H17N3O2S. The van der Waals surface area contributed by atoms with Crippen LogP contribution >= 0.6 is 11.8 Å². The Morgan fingerprint density at radius 1 is 1.00 bits per heavy atom. The standard InChI is InChI=1S/C21H17N3O2S/c25-20(14-27-18-12-6-8-15-7-4-5-11-17(15)18)22-19-13-21(26)24(23-19)16-9-2-1-3-10-16/h1-12H,13-14H2,(H,22,23,25). The van der Waals surface area contributed by atoms with Gasteiger partial charge in [0.1, 0.15) is 5.84 Å². The van der Waals surface area contributed by atoms with E-state index < -0.39 is 0 Å². The number of para-hydroxylation sites is 1. The summed E-state index contributed by atoms with van der Waals surface area (Å²) in [6.45, 7) is 0. The Bertz CT molecular complexity index is 1030. The topological polar surface area (TPSA) is 61.8 Å². The van der Waals surface area contributed by atoms with Gasteiger partial charge in [0.2, 0.25) is 5.91 Å². The van der Waals surface area contributed by atoms with Crippen LogP contribution in [-0.2, 0) is 9.59 Å². The highest BCUT2D eigenvalue weighted by Gasteiger charge is 2.26. The van der Waals surface area contributed by atoms with Gasteiger partial charge in [-0.25, -0.2) is 0 Å². The Labute approximate surface area is 161 Å². The number of amidine groups is 1. The van der Waals surface area contributed by atoms with E-state index in [9.17, 15) is 9.59 Å². The van der Waals surface area contributed by atoms with E-state index in [-0.39, 0.29) is 24.0 Å². The average molecular weight is 375 g/mol. The van der Waals surface area contributed by atoms with Gasteiger partial charge in [0, 0.05) is 4.90 Å². The van der Waals surface area contributed by atoms with E-state index in [1.807, 2.05) is 60.7 Å². The lowest BCUT2D eigenvalue weighted by Crippen LogP contribution is -2.31. The van der Waals surface area contributed by atoms with Gasteiger partial charge in [0.05, 0.1) is 17.9 Å². The van der Waals surface area contributed by atoms with E-state index in [4.69, 9.17) is 0 Å². The first kappa shape index (κ1) is 17.3. The number of carbonyl (C=O) groups excluding carboxylic acids is 2. The van der Waals surface area contributed by atoms with Gasteiger partial charge in [-0.1, -0.05) is 54.6 Å². The summed E-state index contributed by atoms with van der Waals surface area (Å²) in [5.74, 6) is 0.312. The maximum Gasteiger partial charge on any atom is 0.255 e. The zero-order chi connectivity index (χ0) is 18.6. The molecule has 0 spiro atoms. The van der Waals surface area contributed by atoms with Crippen molar-refractivity contribution in [2.45, 2.75) is 11.3 Å². The third kappa shape index (κ3) is 3.85. The van der Waals surface area contributed by atoms with Crippen molar-refractivity contribution in [1.29, 1.82) is 0 Å². The molecule has 1 aliphatic rings. The number of rotatable bonds is 4. The Balaban J connectivity index is 1.40. The molecule has 5 nitrogen and oxygen atoms in total. The van der Waals surface area contributed by atoms with Crippen molar-refractivity contribution < 1.29 is 9.59 Å². The first-order valence-corrected chi connectivity index (χ1v) is 9.55. The molecule has 0 fully saturated rings. The Hall–Kier alpha value is -3.12. The molecule has 0 saturated carbocycles. The first-order valence-electron chi connectivity index (χ1n) is 8.56. The van der Waals surface area contributed by atoms with Gasteiger partial charge in [-0.15, -0.1) is 11.8 Å². The lowest BCUT2D eigenvalue weighted by Gasteiger charge is -2.10. The number of hydrogen-bond donors (Lipinski definition) is 1. The zero-order valence-electron chi connectivity index (χ0n) is 14.5. The van der Waals surface area contributed by atoms with Crippen molar-refractivity contribution in [3.8, 4) is 0 Å². The number of fused-ring (bicyclic) bond motifs is 1. The summed E-state index contributed by atoms with van der Waals surface area (Å²) in [7, 11) is 0. The highest BCUT2D eigenvalue weighted by atomic mass is 32.2. The molecule has 27 heavy (non-hydrogen) atoms. The quantitative estimate of drug-likeness (QED) is 0.706. The molecule has 3 aromatic carbocycles. The summed E-state index contributed by atoms with van der Waals surface area (Å²) in [5, 5.41) is 10.6. The second-order valence-electron chi connectivity index (χ2n) is 6.08. The number of benzene rings is 3. The Morgan fingerprint density at radius 3 is 2.59 bits per heavy atom. The molecule has 0 saturated heterocycles. The van der Waals surface area contributed by atoms with Gasteiger partial charge >= 0.3 is 0 Å². The van der Waals surface area contributed by atoms with E-state index in [1.54, 1.807) is 0 Å². The monoisotopic (exact) mass is 375 g/mol. The summed E-state index contributed by atoms with van der Waals surface area (Å²) in [5.41, 5.74) is 0.692. The third-order valence-corrected chi connectivity index (χ3v) is 5.24. The predicted octanol–water partition coefficient (Wildman–Crippen LogP) is 3.80. The Morgan fingerprint density at radius 2 is 1.74 bits per heavy atom. The molecule has 1 N–H and O–H groups in total. The summed E-state index contributed by atoms with van der Waals surface area (Å²) in [6, 6.07) is 23.3. The molecule has 0 aromatic heterocycles. The van der Waals surface area contributed by atoms with Crippen LogP contribution in [0, 0.1) is 0 Å². The van der Waals surface area contributed by atoms with Crippen LogP contribution in [0.15, 0.2) is 82.8 Å². The number of amides is 2. The summed E-state index contributed by atoms with van der Waals surface area (Å²) in [4.78, 5) is 25.5.